The largest absolute Gasteiger partial charge is 0.508 e. The van der Waals surface area contributed by atoms with Crippen molar-refractivity contribution in [3.63, 3.8) is 0 Å². The lowest BCUT2D eigenvalue weighted by atomic mass is 10.1. The Morgan fingerprint density at radius 2 is 1.67 bits per heavy atom. The number of aryl methyl sites for hydroxylation is 2. The van der Waals surface area contributed by atoms with Gasteiger partial charge >= 0.3 is 0 Å². The quantitative estimate of drug-likeness (QED) is 0.362. The number of carbonyl (C=O) groups is 1. The molecule has 0 radical (unpaired) electrons. The molecule has 0 aliphatic heterocycles. The zero-order valence-corrected chi connectivity index (χ0v) is 19.7. The third-order valence-corrected chi connectivity index (χ3v) is 7.40. The van der Waals surface area contributed by atoms with Crippen LogP contribution in [0.4, 0.5) is 0 Å². The van der Waals surface area contributed by atoms with Gasteiger partial charge in [0.15, 0.2) is 0 Å². The summed E-state index contributed by atoms with van der Waals surface area (Å²) >= 11 is 6.16. The monoisotopic (exact) mass is 482 g/mol. The summed E-state index contributed by atoms with van der Waals surface area (Å²) in [5, 5.41) is 12.9. The summed E-state index contributed by atoms with van der Waals surface area (Å²) in [7, 11) is -4.02. The maximum atomic E-state index is 13.7. The molecule has 0 unspecified atom stereocenters. The van der Waals surface area contributed by atoms with Crippen LogP contribution in [0.2, 0.25) is 5.02 Å². The molecule has 0 saturated heterocycles. The van der Waals surface area contributed by atoms with Crippen LogP contribution in [-0.4, -0.2) is 31.0 Å². The second kappa shape index (κ2) is 8.92. The molecule has 0 bridgehead atoms. The minimum absolute atomic E-state index is 0.0304. The van der Waals surface area contributed by atoms with E-state index >= 15 is 0 Å². The highest BCUT2D eigenvalue weighted by Crippen LogP contribution is 2.34. The van der Waals surface area contributed by atoms with Crippen LogP contribution in [0, 0.1) is 13.8 Å². The SMILES string of the molecule is Cc1cc(C)cc(S(=O)(=O)c2c(C(=O)NCCc3ccc(O)cc3)[nH]c3ccc(Cl)cc23)c1. The molecule has 1 aromatic heterocycles. The predicted molar refractivity (Wildman–Crippen MR) is 129 cm³/mol. The van der Waals surface area contributed by atoms with Gasteiger partial charge in [0.05, 0.1) is 4.90 Å². The number of benzene rings is 3. The molecule has 170 valence electrons. The number of sulfone groups is 1. The van der Waals surface area contributed by atoms with E-state index in [4.69, 9.17) is 11.6 Å². The van der Waals surface area contributed by atoms with Crippen LogP contribution in [0.1, 0.15) is 27.2 Å². The Balaban J connectivity index is 1.73. The fourth-order valence-corrected chi connectivity index (χ4v) is 5.82. The highest BCUT2D eigenvalue weighted by molar-refractivity contribution is 7.91. The van der Waals surface area contributed by atoms with E-state index in [0.29, 0.717) is 28.9 Å². The minimum atomic E-state index is -4.02. The summed E-state index contributed by atoms with van der Waals surface area (Å²) in [6.45, 7) is 3.95. The maximum Gasteiger partial charge on any atom is 0.269 e. The topological polar surface area (TPSA) is 99.3 Å². The van der Waals surface area contributed by atoms with Crippen LogP contribution in [-0.2, 0) is 16.3 Å². The van der Waals surface area contributed by atoms with Crippen LogP contribution in [0.25, 0.3) is 10.9 Å². The Hall–Kier alpha value is -3.29. The maximum absolute atomic E-state index is 13.7. The standard InChI is InChI=1S/C25H23ClN2O4S/c1-15-11-16(2)13-20(12-15)33(31,32)24-21-14-18(26)5-8-22(21)28-23(24)25(30)27-10-9-17-3-6-19(29)7-4-17/h3-8,11-14,28-29H,9-10H2,1-2H3,(H,27,30). The fourth-order valence-electron chi connectivity index (χ4n) is 3.86. The Kier molecular flexibility index (Phi) is 6.19. The van der Waals surface area contributed by atoms with Gasteiger partial charge in [-0.05, 0) is 79.4 Å². The molecule has 0 fully saturated rings. The number of aromatic nitrogens is 1. The number of fused-ring (bicyclic) bond motifs is 1. The molecular weight excluding hydrogens is 460 g/mol. The van der Waals surface area contributed by atoms with Crippen molar-refractivity contribution in [2.24, 2.45) is 0 Å². The number of hydrogen-bond acceptors (Lipinski definition) is 4. The number of nitrogens with one attached hydrogen (secondary N) is 2. The number of carbonyl (C=O) groups excluding carboxylic acids is 1. The predicted octanol–water partition coefficient (Wildman–Crippen LogP) is 4.95. The number of phenols is 1. The molecule has 0 spiro atoms. The van der Waals surface area contributed by atoms with E-state index in [9.17, 15) is 18.3 Å². The first-order valence-electron chi connectivity index (χ1n) is 10.4. The van der Waals surface area contributed by atoms with Gasteiger partial charge < -0.3 is 15.4 Å². The number of hydrogen-bond donors (Lipinski definition) is 3. The number of rotatable bonds is 6. The summed E-state index contributed by atoms with van der Waals surface area (Å²) in [4.78, 5) is 16.1. The van der Waals surface area contributed by atoms with Gasteiger partial charge in [-0.1, -0.05) is 29.8 Å². The molecule has 0 aliphatic carbocycles. The van der Waals surface area contributed by atoms with Crippen molar-refractivity contribution in [1.29, 1.82) is 0 Å². The van der Waals surface area contributed by atoms with Gasteiger partial charge in [-0.25, -0.2) is 8.42 Å². The second-order valence-corrected chi connectivity index (χ2v) is 10.3. The number of aromatic amines is 1. The molecule has 8 heteroatoms. The summed E-state index contributed by atoms with van der Waals surface area (Å²) in [5.74, 6) is -0.357. The van der Waals surface area contributed by atoms with Crippen LogP contribution in [0.5, 0.6) is 5.75 Å². The lowest BCUT2D eigenvalue weighted by Gasteiger charge is -2.10. The van der Waals surface area contributed by atoms with E-state index in [-0.39, 0.29) is 21.2 Å². The number of aromatic hydroxyl groups is 1. The molecular formula is C25H23ClN2O4S. The normalized spacial score (nSPS) is 11.6. The number of phenolic OH excluding ortho intramolecular Hbond substituents is 1. The average Bonchev–Trinajstić information content (AvgIpc) is 3.14. The molecule has 4 rings (SSSR count). The van der Waals surface area contributed by atoms with Crippen molar-refractivity contribution in [1.82, 2.24) is 10.3 Å². The van der Waals surface area contributed by atoms with Crippen LogP contribution in [0.15, 0.2) is 70.5 Å². The lowest BCUT2D eigenvalue weighted by Crippen LogP contribution is -2.27. The first-order valence-corrected chi connectivity index (χ1v) is 12.2. The number of H-pyrrole nitrogens is 1. The molecule has 3 N–H and O–H groups in total. The molecule has 0 atom stereocenters. The Bertz CT molecular complexity index is 1440. The summed E-state index contributed by atoms with van der Waals surface area (Å²) < 4.78 is 27.4. The molecule has 3 aromatic carbocycles. The second-order valence-electron chi connectivity index (χ2n) is 8.02. The molecule has 6 nitrogen and oxygen atoms in total. The third kappa shape index (κ3) is 4.74. The number of amides is 1. The van der Waals surface area contributed by atoms with E-state index < -0.39 is 15.7 Å². The highest BCUT2D eigenvalue weighted by Gasteiger charge is 2.30. The fraction of sp³-hybridized carbons (Fsp3) is 0.160. The Morgan fingerprint density at radius 1 is 1.00 bits per heavy atom. The van der Waals surface area contributed by atoms with Gasteiger partial charge in [-0.15, -0.1) is 0 Å². The van der Waals surface area contributed by atoms with E-state index in [1.165, 1.54) is 0 Å². The van der Waals surface area contributed by atoms with Crippen molar-refractivity contribution < 1.29 is 18.3 Å². The molecule has 1 amide bonds. The van der Waals surface area contributed by atoms with Crippen molar-refractivity contribution in [3.05, 3.63) is 88.1 Å². The smallest absolute Gasteiger partial charge is 0.269 e. The van der Waals surface area contributed by atoms with Gasteiger partial charge in [0, 0.05) is 22.5 Å². The van der Waals surface area contributed by atoms with Gasteiger partial charge in [-0.2, -0.15) is 0 Å². The zero-order valence-electron chi connectivity index (χ0n) is 18.1. The molecule has 33 heavy (non-hydrogen) atoms. The highest BCUT2D eigenvalue weighted by atomic mass is 35.5. The van der Waals surface area contributed by atoms with Gasteiger partial charge in [0.2, 0.25) is 9.84 Å². The van der Waals surface area contributed by atoms with E-state index in [1.54, 1.807) is 54.6 Å². The van der Waals surface area contributed by atoms with Crippen molar-refractivity contribution >= 4 is 38.2 Å². The Morgan fingerprint density at radius 3 is 2.33 bits per heavy atom. The Labute approximate surface area is 197 Å². The van der Waals surface area contributed by atoms with Gasteiger partial charge in [0.25, 0.3) is 5.91 Å². The van der Waals surface area contributed by atoms with Crippen LogP contribution >= 0.6 is 11.6 Å². The molecule has 4 aromatic rings. The van der Waals surface area contributed by atoms with E-state index in [2.05, 4.69) is 10.3 Å². The summed E-state index contributed by atoms with van der Waals surface area (Å²) in [5.41, 5.74) is 3.03. The lowest BCUT2D eigenvalue weighted by molar-refractivity contribution is 0.0946. The van der Waals surface area contributed by atoms with Gasteiger partial charge in [-0.3, -0.25) is 4.79 Å². The summed E-state index contributed by atoms with van der Waals surface area (Å²) in [6, 6.07) is 16.6. The zero-order chi connectivity index (χ0) is 23.8. The third-order valence-electron chi connectivity index (χ3n) is 5.35. The van der Waals surface area contributed by atoms with Crippen LogP contribution < -0.4 is 5.32 Å². The first-order chi connectivity index (χ1) is 15.6. The average molecular weight is 483 g/mol. The summed E-state index contributed by atoms with van der Waals surface area (Å²) in [6.07, 6.45) is 0.525. The van der Waals surface area contributed by atoms with E-state index in [1.807, 2.05) is 19.9 Å². The minimum Gasteiger partial charge on any atom is -0.508 e. The molecule has 1 heterocycles. The van der Waals surface area contributed by atoms with Gasteiger partial charge in [0.1, 0.15) is 16.3 Å². The van der Waals surface area contributed by atoms with Crippen molar-refractivity contribution in [3.8, 4) is 5.75 Å². The van der Waals surface area contributed by atoms with E-state index in [0.717, 1.165) is 16.7 Å². The first kappa shape index (κ1) is 22.9. The number of halogens is 1. The molecule has 0 aliphatic rings. The van der Waals surface area contributed by atoms with Crippen molar-refractivity contribution in [2.45, 2.75) is 30.1 Å². The van der Waals surface area contributed by atoms with Crippen LogP contribution in [0.3, 0.4) is 0 Å². The van der Waals surface area contributed by atoms with Crippen molar-refractivity contribution in [2.75, 3.05) is 6.54 Å². The molecule has 0 saturated carbocycles.